The highest BCUT2D eigenvalue weighted by atomic mass is 32.2. The molecule has 186 valence electrons. The molecule has 0 radical (unpaired) electrons. The molecule has 10 heteroatoms. The van der Waals surface area contributed by atoms with E-state index >= 15 is 0 Å². The van der Waals surface area contributed by atoms with Crippen LogP contribution in [0.3, 0.4) is 0 Å². The predicted molar refractivity (Wildman–Crippen MR) is 128 cm³/mol. The van der Waals surface area contributed by atoms with Gasteiger partial charge in [-0.2, -0.15) is 0 Å². The standard InChI is InChI=1S/C24H31F2N3O4S/c1-4-6-14-27-24(31)22(5-2)28(16-18-10-12-19(25)13-11-18)23(30)17-29(34(3,32)33)21-9-7-8-20(26)15-21/h7-13,15,22H,4-6,14,16-17H2,1-3H3,(H,27,31). The fourth-order valence-corrected chi connectivity index (χ4v) is 4.30. The monoisotopic (exact) mass is 495 g/mol. The van der Waals surface area contributed by atoms with Crippen LogP contribution < -0.4 is 9.62 Å². The van der Waals surface area contributed by atoms with Gasteiger partial charge in [0.2, 0.25) is 21.8 Å². The van der Waals surface area contributed by atoms with Crippen LogP contribution >= 0.6 is 0 Å². The van der Waals surface area contributed by atoms with Gasteiger partial charge in [-0.3, -0.25) is 13.9 Å². The molecule has 2 rings (SSSR count). The zero-order valence-electron chi connectivity index (χ0n) is 19.6. The molecule has 0 fully saturated rings. The highest BCUT2D eigenvalue weighted by molar-refractivity contribution is 7.92. The summed E-state index contributed by atoms with van der Waals surface area (Å²) in [6, 6.07) is 9.54. The summed E-state index contributed by atoms with van der Waals surface area (Å²) in [7, 11) is -3.94. The minimum Gasteiger partial charge on any atom is -0.354 e. The lowest BCUT2D eigenvalue weighted by atomic mass is 10.1. The Hall–Kier alpha value is -3.01. The number of nitrogens with one attached hydrogen (secondary N) is 1. The van der Waals surface area contributed by atoms with Gasteiger partial charge >= 0.3 is 0 Å². The van der Waals surface area contributed by atoms with E-state index in [-0.39, 0.29) is 24.6 Å². The summed E-state index contributed by atoms with van der Waals surface area (Å²) in [6.45, 7) is 3.53. The van der Waals surface area contributed by atoms with Crippen molar-refractivity contribution in [3.05, 3.63) is 65.7 Å². The number of carbonyl (C=O) groups excluding carboxylic acids is 2. The van der Waals surface area contributed by atoms with Crippen molar-refractivity contribution in [2.45, 2.75) is 45.7 Å². The largest absolute Gasteiger partial charge is 0.354 e. The Balaban J connectivity index is 2.39. The molecule has 7 nitrogen and oxygen atoms in total. The lowest BCUT2D eigenvalue weighted by Crippen LogP contribution is -2.52. The molecule has 1 N–H and O–H groups in total. The Kier molecular flexibility index (Phi) is 9.97. The highest BCUT2D eigenvalue weighted by Crippen LogP contribution is 2.20. The number of hydrogen-bond donors (Lipinski definition) is 1. The minimum absolute atomic E-state index is 0.00183. The van der Waals surface area contributed by atoms with E-state index in [1.54, 1.807) is 6.92 Å². The van der Waals surface area contributed by atoms with E-state index in [0.717, 1.165) is 29.5 Å². The molecule has 0 aliphatic rings. The van der Waals surface area contributed by atoms with Crippen molar-refractivity contribution >= 4 is 27.5 Å². The maximum atomic E-state index is 13.8. The first-order chi connectivity index (χ1) is 16.1. The van der Waals surface area contributed by atoms with E-state index in [1.807, 2.05) is 6.92 Å². The molecule has 0 heterocycles. The van der Waals surface area contributed by atoms with Gasteiger partial charge in [0, 0.05) is 13.1 Å². The van der Waals surface area contributed by atoms with E-state index in [4.69, 9.17) is 0 Å². The molecular weight excluding hydrogens is 464 g/mol. The fourth-order valence-electron chi connectivity index (χ4n) is 3.46. The van der Waals surface area contributed by atoms with Gasteiger partial charge in [-0.25, -0.2) is 17.2 Å². The molecule has 0 aliphatic heterocycles. The van der Waals surface area contributed by atoms with E-state index in [9.17, 15) is 26.8 Å². The summed E-state index contributed by atoms with van der Waals surface area (Å²) < 4.78 is 52.9. The molecule has 0 saturated carbocycles. The van der Waals surface area contributed by atoms with Crippen LogP contribution in [0.1, 0.15) is 38.7 Å². The molecule has 0 spiro atoms. The highest BCUT2D eigenvalue weighted by Gasteiger charge is 2.31. The van der Waals surface area contributed by atoms with Crippen molar-refractivity contribution in [2.75, 3.05) is 23.7 Å². The Bertz CT molecular complexity index is 1080. The maximum Gasteiger partial charge on any atom is 0.244 e. The minimum atomic E-state index is -3.94. The average molecular weight is 496 g/mol. The third kappa shape index (κ3) is 7.79. The van der Waals surface area contributed by atoms with E-state index < -0.39 is 40.2 Å². The quantitative estimate of drug-likeness (QED) is 0.457. The average Bonchev–Trinajstić information content (AvgIpc) is 2.78. The third-order valence-corrected chi connectivity index (χ3v) is 6.40. The van der Waals surface area contributed by atoms with Gasteiger partial charge in [-0.1, -0.05) is 38.5 Å². The second kappa shape index (κ2) is 12.5. The Morgan fingerprint density at radius 3 is 2.26 bits per heavy atom. The molecule has 0 bridgehead atoms. The van der Waals surface area contributed by atoms with Crippen LogP contribution in [-0.2, 0) is 26.2 Å². The summed E-state index contributed by atoms with van der Waals surface area (Å²) >= 11 is 0. The molecule has 2 aromatic carbocycles. The second-order valence-electron chi connectivity index (χ2n) is 7.97. The lowest BCUT2D eigenvalue weighted by Gasteiger charge is -2.33. The van der Waals surface area contributed by atoms with Crippen molar-refractivity contribution in [3.8, 4) is 0 Å². The van der Waals surface area contributed by atoms with Crippen LogP contribution in [0.25, 0.3) is 0 Å². The number of benzene rings is 2. The third-order valence-electron chi connectivity index (χ3n) is 5.26. The molecule has 2 amide bonds. The van der Waals surface area contributed by atoms with E-state index in [2.05, 4.69) is 5.32 Å². The Morgan fingerprint density at radius 1 is 1.03 bits per heavy atom. The molecule has 0 saturated heterocycles. The van der Waals surface area contributed by atoms with Crippen LogP contribution in [-0.4, -0.2) is 50.5 Å². The number of hydrogen-bond acceptors (Lipinski definition) is 4. The number of carbonyl (C=O) groups is 2. The Morgan fingerprint density at radius 2 is 1.71 bits per heavy atom. The zero-order valence-corrected chi connectivity index (χ0v) is 20.4. The molecule has 0 aromatic heterocycles. The van der Waals surface area contributed by atoms with Crippen LogP contribution in [0.5, 0.6) is 0 Å². The van der Waals surface area contributed by atoms with Crippen LogP contribution in [0.2, 0.25) is 0 Å². The zero-order chi connectivity index (χ0) is 25.3. The summed E-state index contributed by atoms with van der Waals surface area (Å²) in [4.78, 5) is 27.6. The van der Waals surface area contributed by atoms with Crippen molar-refractivity contribution in [1.29, 1.82) is 0 Å². The number of nitrogens with zero attached hydrogens (tertiary/aromatic N) is 2. The topological polar surface area (TPSA) is 86.8 Å². The number of halogens is 2. The van der Waals surface area contributed by atoms with Crippen molar-refractivity contribution < 1.29 is 26.8 Å². The second-order valence-corrected chi connectivity index (χ2v) is 9.87. The summed E-state index contributed by atoms with van der Waals surface area (Å²) in [5.41, 5.74) is 0.573. The lowest BCUT2D eigenvalue weighted by molar-refractivity contribution is -0.140. The van der Waals surface area contributed by atoms with Gasteiger partial charge in [0.25, 0.3) is 0 Å². The van der Waals surface area contributed by atoms with Gasteiger partial charge in [-0.15, -0.1) is 0 Å². The molecular formula is C24H31F2N3O4S. The Labute approximate surface area is 199 Å². The summed E-state index contributed by atoms with van der Waals surface area (Å²) in [6.07, 6.45) is 2.86. The first-order valence-electron chi connectivity index (χ1n) is 11.1. The maximum absolute atomic E-state index is 13.8. The van der Waals surface area contributed by atoms with Crippen molar-refractivity contribution in [3.63, 3.8) is 0 Å². The number of sulfonamides is 1. The van der Waals surface area contributed by atoms with E-state index in [0.29, 0.717) is 12.1 Å². The van der Waals surface area contributed by atoms with Gasteiger partial charge in [-0.05, 0) is 48.7 Å². The van der Waals surface area contributed by atoms with Gasteiger partial charge in [0.05, 0.1) is 11.9 Å². The van der Waals surface area contributed by atoms with E-state index in [1.165, 1.54) is 47.4 Å². The SMILES string of the molecule is CCCCNC(=O)C(CC)N(Cc1ccc(F)cc1)C(=O)CN(c1cccc(F)c1)S(C)(=O)=O. The smallest absolute Gasteiger partial charge is 0.244 e. The molecule has 34 heavy (non-hydrogen) atoms. The van der Waals surface area contributed by atoms with Crippen molar-refractivity contribution in [1.82, 2.24) is 10.2 Å². The molecule has 1 unspecified atom stereocenters. The first kappa shape index (κ1) is 27.2. The van der Waals surface area contributed by atoms with Gasteiger partial charge in [0.15, 0.2) is 0 Å². The van der Waals surface area contributed by atoms with Crippen molar-refractivity contribution in [2.24, 2.45) is 0 Å². The normalized spacial score (nSPS) is 12.1. The van der Waals surface area contributed by atoms with Crippen LogP contribution in [0.4, 0.5) is 14.5 Å². The number of rotatable bonds is 12. The molecule has 0 aliphatic carbocycles. The number of unbranched alkanes of at least 4 members (excludes halogenated alkanes) is 1. The molecule has 2 aromatic rings. The van der Waals surface area contributed by atoms with Crippen LogP contribution in [0, 0.1) is 11.6 Å². The van der Waals surface area contributed by atoms with Crippen LogP contribution in [0.15, 0.2) is 48.5 Å². The molecule has 1 atom stereocenters. The fraction of sp³-hybridized carbons (Fsp3) is 0.417. The predicted octanol–water partition coefficient (Wildman–Crippen LogP) is 3.45. The summed E-state index contributed by atoms with van der Waals surface area (Å²) in [5, 5.41) is 2.81. The first-order valence-corrected chi connectivity index (χ1v) is 13.0. The van der Waals surface area contributed by atoms with Gasteiger partial charge in [0.1, 0.15) is 24.2 Å². The van der Waals surface area contributed by atoms with Gasteiger partial charge < -0.3 is 10.2 Å². The summed E-state index contributed by atoms with van der Waals surface area (Å²) in [5.74, 6) is -2.09. The number of anilines is 1. The number of amides is 2.